The topological polar surface area (TPSA) is 12.0 Å². The molecule has 1 aliphatic heterocycles. The molecule has 0 amide bonds. The minimum absolute atomic E-state index is 0. The summed E-state index contributed by atoms with van der Waals surface area (Å²) in [6, 6.07) is 0. The highest BCUT2D eigenvalue weighted by molar-refractivity contribution is 5.85. The molecule has 13 heavy (non-hydrogen) atoms. The average molecular weight is 204 g/mol. The Morgan fingerprint density at radius 1 is 1.23 bits per heavy atom. The molecule has 2 aliphatic rings. The third kappa shape index (κ3) is 2.19. The monoisotopic (exact) mass is 203 g/mol. The van der Waals surface area contributed by atoms with Gasteiger partial charge in [-0.3, -0.25) is 0 Å². The van der Waals surface area contributed by atoms with E-state index in [-0.39, 0.29) is 12.4 Å². The summed E-state index contributed by atoms with van der Waals surface area (Å²) in [6.45, 7) is 7.47. The van der Waals surface area contributed by atoms with Crippen LogP contribution in [0.1, 0.15) is 39.5 Å². The van der Waals surface area contributed by atoms with Gasteiger partial charge in [0.25, 0.3) is 0 Å². The van der Waals surface area contributed by atoms with Gasteiger partial charge < -0.3 is 5.32 Å². The zero-order valence-corrected chi connectivity index (χ0v) is 9.62. The van der Waals surface area contributed by atoms with Crippen LogP contribution >= 0.6 is 12.4 Å². The number of nitrogens with one attached hydrogen (secondary N) is 1. The van der Waals surface area contributed by atoms with Crippen molar-refractivity contribution in [2.24, 2.45) is 17.3 Å². The summed E-state index contributed by atoms with van der Waals surface area (Å²) in [5.74, 6) is 2.00. The van der Waals surface area contributed by atoms with Crippen molar-refractivity contribution in [3.63, 3.8) is 0 Å². The number of halogens is 1. The van der Waals surface area contributed by atoms with E-state index in [1.165, 1.54) is 38.8 Å². The lowest BCUT2D eigenvalue weighted by Gasteiger charge is -2.31. The molecule has 1 heterocycles. The van der Waals surface area contributed by atoms with E-state index in [1.807, 2.05) is 0 Å². The summed E-state index contributed by atoms with van der Waals surface area (Å²) in [7, 11) is 0. The largest absolute Gasteiger partial charge is 0.316 e. The Labute approximate surface area is 88.1 Å². The van der Waals surface area contributed by atoms with Gasteiger partial charge in [0, 0.05) is 0 Å². The first kappa shape index (κ1) is 11.3. The smallest absolute Gasteiger partial charge is 0.00172 e. The molecule has 2 atom stereocenters. The van der Waals surface area contributed by atoms with Crippen LogP contribution in [-0.4, -0.2) is 13.1 Å². The summed E-state index contributed by atoms with van der Waals surface area (Å²) in [5.41, 5.74) is 0.636. The molecule has 1 saturated heterocycles. The zero-order valence-electron chi connectivity index (χ0n) is 8.81. The van der Waals surface area contributed by atoms with Crippen LogP contribution in [0.15, 0.2) is 0 Å². The van der Waals surface area contributed by atoms with Crippen LogP contribution in [0.2, 0.25) is 0 Å². The van der Waals surface area contributed by atoms with Crippen LogP contribution in [0.25, 0.3) is 0 Å². The first-order valence-corrected chi connectivity index (χ1v) is 5.41. The second kappa shape index (κ2) is 4.18. The summed E-state index contributed by atoms with van der Waals surface area (Å²) < 4.78 is 0. The summed E-state index contributed by atoms with van der Waals surface area (Å²) in [4.78, 5) is 0. The standard InChI is InChI=1S/C11H21N.ClH/c1-11(2)6-3-4-10(11)9-5-7-12-8-9;/h9-10,12H,3-8H2,1-2H3;1H. The fourth-order valence-corrected chi connectivity index (χ4v) is 3.25. The summed E-state index contributed by atoms with van der Waals surface area (Å²) in [6.07, 6.45) is 5.83. The van der Waals surface area contributed by atoms with Gasteiger partial charge in [-0.1, -0.05) is 20.3 Å². The highest BCUT2D eigenvalue weighted by atomic mass is 35.5. The minimum Gasteiger partial charge on any atom is -0.316 e. The highest BCUT2D eigenvalue weighted by Crippen LogP contribution is 2.47. The molecule has 1 N–H and O–H groups in total. The molecule has 0 radical (unpaired) electrons. The van der Waals surface area contributed by atoms with Gasteiger partial charge in [0.2, 0.25) is 0 Å². The van der Waals surface area contributed by atoms with Gasteiger partial charge in [0.15, 0.2) is 0 Å². The quantitative estimate of drug-likeness (QED) is 0.691. The van der Waals surface area contributed by atoms with Gasteiger partial charge in [-0.05, 0) is 49.6 Å². The highest BCUT2D eigenvalue weighted by Gasteiger charge is 2.39. The fourth-order valence-electron chi connectivity index (χ4n) is 3.25. The van der Waals surface area contributed by atoms with Gasteiger partial charge in [-0.15, -0.1) is 12.4 Å². The van der Waals surface area contributed by atoms with E-state index in [1.54, 1.807) is 0 Å². The molecule has 78 valence electrons. The van der Waals surface area contributed by atoms with Crippen molar-refractivity contribution < 1.29 is 0 Å². The maximum absolute atomic E-state index is 3.49. The van der Waals surface area contributed by atoms with Crippen LogP contribution < -0.4 is 5.32 Å². The van der Waals surface area contributed by atoms with Gasteiger partial charge in [0.05, 0.1) is 0 Å². The molecule has 2 unspecified atom stereocenters. The average Bonchev–Trinajstić information content (AvgIpc) is 2.55. The molecule has 0 aromatic heterocycles. The van der Waals surface area contributed by atoms with E-state index in [4.69, 9.17) is 0 Å². The lowest BCUT2D eigenvalue weighted by atomic mass is 9.74. The Bertz CT molecular complexity index is 161. The molecule has 2 heteroatoms. The van der Waals surface area contributed by atoms with E-state index in [9.17, 15) is 0 Å². The van der Waals surface area contributed by atoms with Crippen molar-refractivity contribution in [2.75, 3.05) is 13.1 Å². The van der Waals surface area contributed by atoms with Gasteiger partial charge >= 0.3 is 0 Å². The van der Waals surface area contributed by atoms with Crippen LogP contribution in [0, 0.1) is 17.3 Å². The summed E-state index contributed by atoms with van der Waals surface area (Å²) >= 11 is 0. The predicted octanol–water partition coefficient (Wildman–Crippen LogP) is 2.84. The second-order valence-electron chi connectivity index (χ2n) is 5.24. The Kier molecular flexibility index (Phi) is 3.64. The molecule has 1 aliphatic carbocycles. The second-order valence-corrected chi connectivity index (χ2v) is 5.24. The van der Waals surface area contributed by atoms with Gasteiger partial charge in [-0.2, -0.15) is 0 Å². The molecule has 0 spiro atoms. The number of hydrogen-bond acceptors (Lipinski definition) is 1. The molecule has 0 aromatic carbocycles. The Morgan fingerprint density at radius 2 is 2.00 bits per heavy atom. The minimum atomic E-state index is 0. The van der Waals surface area contributed by atoms with Gasteiger partial charge in [-0.25, -0.2) is 0 Å². The lowest BCUT2D eigenvalue weighted by Crippen LogP contribution is -2.27. The molecule has 2 rings (SSSR count). The van der Waals surface area contributed by atoms with Crippen molar-refractivity contribution in [1.29, 1.82) is 0 Å². The van der Waals surface area contributed by atoms with E-state index >= 15 is 0 Å². The third-order valence-electron chi connectivity index (χ3n) is 4.01. The van der Waals surface area contributed by atoms with Crippen molar-refractivity contribution in [3.05, 3.63) is 0 Å². The van der Waals surface area contributed by atoms with Crippen molar-refractivity contribution in [1.82, 2.24) is 5.32 Å². The summed E-state index contributed by atoms with van der Waals surface area (Å²) in [5, 5.41) is 3.49. The third-order valence-corrected chi connectivity index (χ3v) is 4.01. The van der Waals surface area contributed by atoms with Crippen LogP contribution in [0.4, 0.5) is 0 Å². The number of rotatable bonds is 1. The maximum atomic E-state index is 3.49. The SMILES string of the molecule is CC1(C)CCCC1C1CCNC1.Cl. The van der Waals surface area contributed by atoms with Gasteiger partial charge in [0.1, 0.15) is 0 Å². The normalized spacial score (nSPS) is 37.4. The van der Waals surface area contributed by atoms with E-state index in [0.717, 1.165) is 11.8 Å². The Hall–Kier alpha value is 0.250. The van der Waals surface area contributed by atoms with Crippen molar-refractivity contribution in [3.8, 4) is 0 Å². The molecule has 0 aromatic rings. The molecule has 2 fully saturated rings. The van der Waals surface area contributed by atoms with E-state index < -0.39 is 0 Å². The molecule has 1 saturated carbocycles. The lowest BCUT2D eigenvalue weighted by molar-refractivity contribution is 0.187. The molecule has 1 nitrogen and oxygen atoms in total. The molecular formula is C11H22ClN. The molecule has 0 bridgehead atoms. The van der Waals surface area contributed by atoms with Crippen LogP contribution in [0.5, 0.6) is 0 Å². The maximum Gasteiger partial charge on any atom is -0.00172 e. The van der Waals surface area contributed by atoms with E-state index in [2.05, 4.69) is 19.2 Å². The van der Waals surface area contributed by atoms with Crippen LogP contribution in [-0.2, 0) is 0 Å². The first-order valence-electron chi connectivity index (χ1n) is 5.41. The fraction of sp³-hybridized carbons (Fsp3) is 1.00. The number of hydrogen-bond donors (Lipinski definition) is 1. The van der Waals surface area contributed by atoms with E-state index in [0.29, 0.717) is 5.41 Å². The van der Waals surface area contributed by atoms with Crippen LogP contribution in [0.3, 0.4) is 0 Å². The Morgan fingerprint density at radius 3 is 2.46 bits per heavy atom. The molecular weight excluding hydrogens is 182 g/mol. The van der Waals surface area contributed by atoms with Crippen molar-refractivity contribution in [2.45, 2.75) is 39.5 Å². The van der Waals surface area contributed by atoms with Crippen molar-refractivity contribution >= 4 is 12.4 Å². The first-order chi connectivity index (χ1) is 5.70. The Balaban J connectivity index is 0.000000845. The predicted molar refractivity (Wildman–Crippen MR) is 59.3 cm³/mol. The zero-order chi connectivity index (χ0) is 8.60.